The Morgan fingerprint density at radius 2 is 1.95 bits per heavy atom. The van der Waals surface area contributed by atoms with Crippen LogP contribution in [0.15, 0.2) is 18.2 Å². The van der Waals surface area contributed by atoms with Crippen molar-refractivity contribution in [2.75, 3.05) is 11.9 Å². The van der Waals surface area contributed by atoms with Crippen molar-refractivity contribution in [3.8, 4) is 0 Å². The number of amides is 2. The predicted molar refractivity (Wildman–Crippen MR) is 74.4 cm³/mol. The molecular weight excluding hydrogens is 325 g/mol. The van der Waals surface area contributed by atoms with Gasteiger partial charge in [0.1, 0.15) is 0 Å². The molecule has 0 unspecified atom stereocenters. The highest BCUT2D eigenvalue weighted by molar-refractivity contribution is 6.39. The molecule has 1 aromatic rings. The first-order valence-electron chi connectivity index (χ1n) is 6.28. The van der Waals surface area contributed by atoms with Gasteiger partial charge in [-0.1, -0.05) is 18.5 Å². The van der Waals surface area contributed by atoms with Gasteiger partial charge in [-0.3, -0.25) is 9.59 Å². The molecule has 0 saturated carbocycles. The summed E-state index contributed by atoms with van der Waals surface area (Å²) >= 11 is 5.45. The Kier molecular flexibility index (Phi) is 6.19. The predicted octanol–water partition coefficient (Wildman–Crippen LogP) is 2.18. The number of aliphatic hydroxyl groups is 1. The van der Waals surface area contributed by atoms with E-state index in [0.29, 0.717) is 12.5 Å². The Bertz CT molecular complexity index is 560. The lowest BCUT2D eigenvalue weighted by Crippen LogP contribution is -2.43. The molecule has 3 N–H and O–H groups in total. The van der Waals surface area contributed by atoms with E-state index in [1.165, 1.54) is 0 Å². The quantitative estimate of drug-likeness (QED) is 0.736. The van der Waals surface area contributed by atoms with Crippen molar-refractivity contribution in [2.45, 2.75) is 25.6 Å². The van der Waals surface area contributed by atoms with E-state index in [0.717, 1.165) is 12.1 Å². The van der Waals surface area contributed by atoms with Gasteiger partial charge >= 0.3 is 18.0 Å². The molecule has 0 heterocycles. The molecular formula is C13H14ClF3N2O3. The van der Waals surface area contributed by atoms with Crippen LogP contribution in [-0.2, 0) is 15.8 Å². The molecule has 0 bridgehead atoms. The molecule has 2 amide bonds. The van der Waals surface area contributed by atoms with Gasteiger partial charge in [0.25, 0.3) is 0 Å². The van der Waals surface area contributed by atoms with E-state index in [1.807, 2.05) is 5.32 Å². The molecule has 5 nitrogen and oxygen atoms in total. The summed E-state index contributed by atoms with van der Waals surface area (Å²) in [6, 6.07) is 2.15. The number of rotatable bonds is 4. The zero-order valence-corrected chi connectivity index (χ0v) is 12.3. The van der Waals surface area contributed by atoms with Crippen molar-refractivity contribution >= 4 is 29.1 Å². The Hall–Kier alpha value is -1.80. The summed E-state index contributed by atoms with van der Waals surface area (Å²) in [7, 11) is 0. The van der Waals surface area contributed by atoms with Crippen LogP contribution in [0.5, 0.6) is 0 Å². The summed E-state index contributed by atoms with van der Waals surface area (Å²) in [5.41, 5.74) is -1.33. The first kappa shape index (κ1) is 18.2. The Morgan fingerprint density at radius 3 is 2.45 bits per heavy atom. The summed E-state index contributed by atoms with van der Waals surface area (Å²) in [6.45, 7) is 1.34. The molecule has 0 radical (unpaired) electrons. The molecule has 122 valence electrons. The van der Waals surface area contributed by atoms with E-state index < -0.39 is 34.6 Å². The standard InChI is InChI=1S/C13H14ClF3N2O3/c1-2-7(6-20)18-11(21)12(22)19-8-3-4-10(14)9(5-8)13(15,16)17/h3-5,7,20H,2,6H2,1H3,(H,18,21)(H,19,22)/t7-/m0/s1. The van der Waals surface area contributed by atoms with E-state index in [4.69, 9.17) is 16.7 Å². The second-order valence-electron chi connectivity index (χ2n) is 4.41. The van der Waals surface area contributed by atoms with E-state index in [9.17, 15) is 22.8 Å². The van der Waals surface area contributed by atoms with Crippen LogP contribution >= 0.6 is 11.6 Å². The smallest absolute Gasteiger partial charge is 0.394 e. The van der Waals surface area contributed by atoms with Gasteiger partial charge < -0.3 is 15.7 Å². The number of halogens is 4. The number of hydrogen-bond donors (Lipinski definition) is 3. The van der Waals surface area contributed by atoms with Crippen molar-refractivity contribution in [3.05, 3.63) is 28.8 Å². The second-order valence-corrected chi connectivity index (χ2v) is 4.81. The number of anilines is 1. The highest BCUT2D eigenvalue weighted by Gasteiger charge is 2.33. The highest BCUT2D eigenvalue weighted by atomic mass is 35.5. The summed E-state index contributed by atoms with van der Waals surface area (Å²) in [6.07, 6.45) is -4.28. The summed E-state index contributed by atoms with van der Waals surface area (Å²) in [5.74, 6) is -2.19. The third-order valence-electron chi connectivity index (χ3n) is 2.78. The topological polar surface area (TPSA) is 78.4 Å². The normalized spacial score (nSPS) is 12.6. The van der Waals surface area contributed by atoms with Crippen LogP contribution in [-0.4, -0.2) is 29.6 Å². The average Bonchev–Trinajstić information content (AvgIpc) is 2.45. The molecule has 1 aromatic carbocycles. The maximum absolute atomic E-state index is 12.7. The Labute approximate surface area is 129 Å². The number of hydrogen-bond acceptors (Lipinski definition) is 3. The van der Waals surface area contributed by atoms with Gasteiger partial charge in [0.15, 0.2) is 0 Å². The minimum atomic E-state index is -4.68. The molecule has 0 aliphatic rings. The van der Waals surface area contributed by atoms with Crippen molar-refractivity contribution in [2.24, 2.45) is 0 Å². The number of benzene rings is 1. The SMILES string of the molecule is CC[C@@H](CO)NC(=O)C(=O)Nc1ccc(Cl)c(C(F)(F)F)c1. The van der Waals surface area contributed by atoms with E-state index in [2.05, 4.69) is 5.32 Å². The van der Waals surface area contributed by atoms with Crippen LogP contribution in [0, 0.1) is 0 Å². The van der Waals surface area contributed by atoms with Gasteiger partial charge in [-0.15, -0.1) is 0 Å². The van der Waals surface area contributed by atoms with E-state index >= 15 is 0 Å². The average molecular weight is 339 g/mol. The van der Waals surface area contributed by atoms with Crippen molar-refractivity contribution in [1.29, 1.82) is 0 Å². The minimum Gasteiger partial charge on any atom is -0.394 e. The van der Waals surface area contributed by atoms with Crippen LogP contribution in [0.2, 0.25) is 5.02 Å². The van der Waals surface area contributed by atoms with E-state index in [1.54, 1.807) is 6.92 Å². The Balaban J connectivity index is 2.83. The molecule has 1 rings (SSSR count). The monoisotopic (exact) mass is 338 g/mol. The summed E-state index contributed by atoms with van der Waals surface area (Å²) in [5, 5.41) is 12.7. The maximum atomic E-state index is 12.7. The fourth-order valence-electron chi connectivity index (χ4n) is 1.54. The molecule has 0 aliphatic heterocycles. The van der Waals surface area contributed by atoms with Crippen LogP contribution < -0.4 is 10.6 Å². The largest absolute Gasteiger partial charge is 0.417 e. The third-order valence-corrected chi connectivity index (χ3v) is 3.11. The summed E-state index contributed by atoms with van der Waals surface area (Å²) in [4.78, 5) is 23.1. The second kappa shape index (κ2) is 7.46. The van der Waals surface area contributed by atoms with Gasteiger partial charge in [0, 0.05) is 5.69 Å². The maximum Gasteiger partial charge on any atom is 0.417 e. The molecule has 22 heavy (non-hydrogen) atoms. The zero-order chi connectivity index (χ0) is 16.9. The van der Waals surface area contributed by atoms with Crippen LogP contribution in [0.1, 0.15) is 18.9 Å². The van der Waals surface area contributed by atoms with Crippen LogP contribution in [0.4, 0.5) is 18.9 Å². The first-order valence-corrected chi connectivity index (χ1v) is 6.66. The lowest BCUT2D eigenvalue weighted by Gasteiger charge is -2.14. The fourth-order valence-corrected chi connectivity index (χ4v) is 1.76. The Morgan fingerprint density at radius 1 is 1.32 bits per heavy atom. The fraction of sp³-hybridized carbons (Fsp3) is 0.385. The number of carbonyl (C=O) groups excluding carboxylic acids is 2. The number of nitrogens with one attached hydrogen (secondary N) is 2. The van der Waals surface area contributed by atoms with Crippen molar-refractivity contribution in [3.63, 3.8) is 0 Å². The van der Waals surface area contributed by atoms with Gasteiger partial charge in [0.05, 0.1) is 23.2 Å². The minimum absolute atomic E-state index is 0.214. The molecule has 0 fully saturated rings. The molecule has 0 aromatic heterocycles. The van der Waals surface area contributed by atoms with Crippen LogP contribution in [0.3, 0.4) is 0 Å². The van der Waals surface area contributed by atoms with Gasteiger partial charge in [-0.2, -0.15) is 13.2 Å². The first-order chi connectivity index (χ1) is 10.2. The number of carbonyl (C=O) groups is 2. The third kappa shape index (κ3) is 4.88. The molecule has 1 atom stereocenters. The zero-order valence-electron chi connectivity index (χ0n) is 11.5. The highest BCUT2D eigenvalue weighted by Crippen LogP contribution is 2.36. The van der Waals surface area contributed by atoms with Crippen molar-refractivity contribution in [1.82, 2.24) is 5.32 Å². The lowest BCUT2D eigenvalue weighted by molar-refractivity contribution is -0.137. The lowest BCUT2D eigenvalue weighted by atomic mass is 10.2. The van der Waals surface area contributed by atoms with Crippen LogP contribution in [0.25, 0.3) is 0 Å². The molecule has 9 heteroatoms. The number of alkyl halides is 3. The van der Waals surface area contributed by atoms with Gasteiger partial charge in [-0.05, 0) is 24.6 Å². The molecule has 0 saturated heterocycles. The van der Waals surface area contributed by atoms with Gasteiger partial charge in [-0.25, -0.2) is 0 Å². The molecule has 0 spiro atoms. The number of aliphatic hydroxyl groups excluding tert-OH is 1. The summed E-state index contributed by atoms with van der Waals surface area (Å²) < 4.78 is 38.1. The van der Waals surface area contributed by atoms with Gasteiger partial charge in [0.2, 0.25) is 0 Å². The van der Waals surface area contributed by atoms with Crippen molar-refractivity contribution < 1.29 is 27.9 Å². The van der Waals surface area contributed by atoms with E-state index in [-0.39, 0.29) is 12.3 Å². The molecule has 0 aliphatic carbocycles.